The highest BCUT2D eigenvalue weighted by Crippen LogP contribution is 2.33. The second-order valence-electron chi connectivity index (χ2n) is 4.56. The van der Waals surface area contributed by atoms with Crippen LogP contribution in [0.25, 0.3) is 0 Å². The molecular formula is C11H20N4. The van der Waals surface area contributed by atoms with Gasteiger partial charge in [-0.05, 0) is 19.3 Å². The van der Waals surface area contributed by atoms with E-state index in [0.29, 0.717) is 0 Å². The Bertz CT molecular complexity index is 312. The minimum Gasteiger partial charge on any atom is -0.319 e. The van der Waals surface area contributed by atoms with Crippen LogP contribution in [0.15, 0.2) is 6.33 Å². The average Bonchev–Trinajstić information content (AvgIpc) is 2.68. The van der Waals surface area contributed by atoms with Crippen molar-refractivity contribution in [3.8, 4) is 0 Å². The van der Waals surface area contributed by atoms with Gasteiger partial charge in [0, 0.05) is 6.54 Å². The highest BCUT2D eigenvalue weighted by atomic mass is 15.3. The largest absolute Gasteiger partial charge is 0.319 e. The standard InChI is InChI=1S/C11H20N4/c1-2-8-15-9-13-14-10(15)11(12)6-4-3-5-7-11/h9H,2-8,12H2,1H3. The number of aromatic nitrogens is 3. The lowest BCUT2D eigenvalue weighted by atomic mass is 9.82. The van der Waals surface area contributed by atoms with Crippen LogP contribution in [-0.2, 0) is 12.1 Å². The maximum absolute atomic E-state index is 6.43. The summed E-state index contributed by atoms with van der Waals surface area (Å²) in [4.78, 5) is 0. The number of nitrogens with two attached hydrogens (primary N) is 1. The van der Waals surface area contributed by atoms with Crippen molar-refractivity contribution in [2.75, 3.05) is 0 Å². The molecule has 0 unspecified atom stereocenters. The van der Waals surface area contributed by atoms with Gasteiger partial charge < -0.3 is 10.3 Å². The van der Waals surface area contributed by atoms with Gasteiger partial charge >= 0.3 is 0 Å². The predicted octanol–water partition coefficient (Wildman–Crippen LogP) is 1.81. The number of hydrogen-bond acceptors (Lipinski definition) is 3. The topological polar surface area (TPSA) is 56.7 Å². The lowest BCUT2D eigenvalue weighted by Crippen LogP contribution is -2.41. The molecule has 1 aromatic heterocycles. The van der Waals surface area contributed by atoms with Crippen LogP contribution in [0.4, 0.5) is 0 Å². The summed E-state index contributed by atoms with van der Waals surface area (Å²) in [6.45, 7) is 3.13. The van der Waals surface area contributed by atoms with Gasteiger partial charge in [-0.15, -0.1) is 10.2 Å². The zero-order chi connectivity index (χ0) is 10.7. The van der Waals surface area contributed by atoms with E-state index in [2.05, 4.69) is 21.7 Å². The van der Waals surface area contributed by atoms with Crippen LogP contribution in [0.3, 0.4) is 0 Å². The fourth-order valence-corrected chi connectivity index (χ4v) is 2.45. The van der Waals surface area contributed by atoms with E-state index in [1.807, 2.05) is 6.33 Å². The lowest BCUT2D eigenvalue weighted by Gasteiger charge is -2.32. The molecule has 2 rings (SSSR count). The van der Waals surface area contributed by atoms with Crippen LogP contribution < -0.4 is 5.73 Å². The van der Waals surface area contributed by atoms with E-state index in [1.165, 1.54) is 19.3 Å². The number of hydrogen-bond donors (Lipinski definition) is 1. The van der Waals surface area contributed by atoms with Crippen molar-refractivity contribution in [2.45, 2.75) is 57.5 Å². The van der Waals surface area contributed by atoms with Crippen molar-refractivity contribution in [1.29, 1.82) is 0 Å². The molecule has 0 saturated heterocycles. The van der Waals surface area contributed by atoms with Gasteiger partial charge in [-0.25, -0.2) is 0 Å². The van der Waals surface area contributed by atoms with Crippen molar-refractivity contribution >= 4 is 0 Å². The van der Waals surface area contributed by atoms with Crippen molar-refractivity contribution in [3.05, 3.63) is 12.2 Å². The van der Waals surface area contributed by atoms with E-state index >= 15 is 0 Å². The fraction of sp³-hybridized carbons (Fsp3) is 0.818. The summed E-state index contributed by atoms with van der Waals surface area (Å²) in [5, 5.41) is 8.21. The first-order chi connectivity index (χ1) is 7.26. The van der Waals surface area contributed by atoms with Crippen LogP contribution in [0.2, 0.25) is 0 Å². The Hall–Kier alpha value is -0.900. The summed E-state index contributed by atoms with van der Waals surface area (Å²) >= 11 is 0. The average molecular weight is 208 g/mol. The minimum absolute atomic E-state index is 0.218. The highest BCUT2D eigenvalue weighted by Gasteiger charge is 2.33. The normalized spacial score (nSPS) is 20.4. The summed E-state index contributed by atoms with van der Waals surface area (Å²) in [5.74, 6) is 0.990. The second-order valence-corrected chi connectivity index (χ2v) is 4.56. The van der Waals surface area contributed by atoms with Gasteiger partial charge in [0.25, 0.3) is 0 Å². The Balaban J connectivity index is 2.22. The summed E-state index contributed by atoms with van der Waals surface area (Å²) in [6.07, 6.45) is 8.75. The van der Waals surface area contributed by atoms with Gasteiger partial charge in [0.15, 0.2) is 5.82 Å². The molecule has 15 heavy (non-hydrogen) atoms. The van der Waals surface area contributed by atoms with Crippen LogP contribution in [0.5, 0.6) is 0 Å². The molecule has 0 spiro atoms. The molecule has 1 aromatic rings. The molecule has 0 aromatic carbocycles. The molecule has 2 N–H and O–H groups in total. The van der Waals surface area contributed by atoms with Crippen molar-refractivity contribution in [3.63, 3.8) is 0 Å². The van der Waals surface area contributed by atoms with E-state index in [4.69, 9.17) is 5.73 Å². The first-order valence-electron chi connectivity index (χ1n) is 5.93. The van der Waals surface area contributed by atoms with E-state index in [1.54, 1.807) is 0 Å². The number of nitrogens with zero attached hydrogens (tertiary/aromatic N) is 3. The zero-order valence-electron chi connectivity index (χ0n) is 9.45. The molecule has 1 saturated carbocycles. The summed E-state index contributed by atoms with van der Waals surface area (Å²) in [6, 6.07) is 0. The zero-order valence-corrected chi connectivity index (χ0v) is 9.45. The highest BCUT2D eigenvalue weighted by molar-refractivity contribution is 5.06. The Morgan fingerprint density at radius 1 is 1.40 bits per heavy atom. The molecule has 1 aliphatic rings. The Kier molecular flexibility index (Phi) is 3.05. The molecule has 0 amide bonds. The Labute approximate surface area is 90.9 Å². The maximum Gasteiger partial charge on any atom is 0.152 e. The monoisotopic (exact) mass is 208 g/mol. The molecule has 1 fully saturated rings. The van der Waals surface area contributed by atoms with E-state index in [-0.39, 0.29) is 5.54 Å². The van der Waals surface area contributed by atoms with Gasteiger partial charge in [-0.2, -0.15) is 0 Å². The first kappa shape index (κ1) is 10.6. The molecule has 4 nitrogen and oxygen atoms in total. The number of rotatable bonds is 3. The van der Waals surface area contributed by atoms with Crippen LogP contribution in [-0.4, -0.2) is 14.8 Å². The third-order valence-electron chi connectivity index (χ3n) is 3.27. The quantitative estimate of drug-likeness (QED) is 0.824. The molecular weight excluding hydrogens is 188 g/mol. The molecule has 0 radical (unpaired) electrons. The van der Waals surface area contributed by atoms with E-state index in [0.717, 1.165) is 31.6 Å². The first-order valence-corrected chi connectivity index (χ1v) is 5.93. The summed E-state index contributed by atoms with van der Waals surface area (Å²) in [5.41, 5.74) is 6.21. The Morgan fingerprint density at radius 2 is 2.13 bits per heavy atom. The van der Waals surface area contributed by atoms with Crippen molar-refractivity contribution < 1.29 is 0 Å². The van der Waals surface area contributed by atoms with Gasteiger partial charge in [-0.1, -0.05) is 26.2 Å². The van der Waals surface area contributed by atoms with Crippen molar-refractivity contribution in [2.24, 2.45) is 5.73 Å². The van der Waals surface area contributed by atoms with Crippen LogP contribution >= 0.6 is 0 Å². The molecule has 0 aliphatic heterocycles. The van der Waals surface area contributed by atoms with Gasteiger partial charge in [0.1, 0.15) is 6.33 Å². The van der Waals surface area contributed by atoms with Crippen LogP contribution in [0.1, 0.15) is 51.3 Å². The van der Waals surface area contributed by atoms with E-state index in [9.17, 15) is 0 Å². The molecule has 1 heterocycles. The molecule has 1 aliphatic carbocycles. The maximum atomic E-state index is 6.43. The lowest BCUT2D eigenvalue weighted by molar-refractivity contribution is 0.276. The summed E-state index contributed by atoms with van der Waals surface area (Å²) < 4.78 is 2.12. The SMILES string of the molecule is CCCn1cnnc1C1(N)CCCCC1. The third kappa shape index (κ3) is 2.04. The summed E-state index contributed by atoms with van der Waals surface area (Å²) in [7, 11) is 0. The van der Waals surface area contributed by atoms with Gasteiger partial charge in [0.05, 0.1) is 5.54 Å². The van der Waals surface area contributed by atoms with E-state index < -0.39 is 0 Å². The predicted molar refractivity (Wildman–Crippen MR) is 59.3 cm³/mol. The molecule has 4 heteroatoms. The smallest absolute Gasteiger partial charge is 0.152 e. The third-order valence-corrected chi connectivity index (χ3v) is 3.27. The van der Waals surface area contributed by atoms with Crippen LogP contribution in [0, 0.1) is 0 Å². The molecule has 84 valence electrons. The number of aryl methyl sites for hydroxylation is 1. The second kappa shape index (κ2) is 4.31. The molecule has 0 atom stereocenters. The minimum atomic E-state index is -0.218. The van der Waals surface area contributed by atoms with Gasteiger partial charge in [-0.3, -0.25) is 0 Å². The Morgan fingerprint density at radius 3 is 2.80 bits per heavy atom. The molecule has 0 bridgehead atoms. The van der Waals surface area contributed by atoms with Crippen molar-refractivity contribution in [1.82, 2.24) is 14.8 Å². The fourth-order valence-electron chi connectivity index (χ4n) is 2.45. The van der Waals surface area contributed by atoms with Gasteiger partial charge in [0.2, 0.25) is 0 Å².